The van der Waals surface area contributed by atoms with E-state index < -0.39 is 13.0 Å². The van der Waals surface area contributed by atoms with Crippen LogP contribution >= 0.6 is 0 Å². The minimum absolute atomic E-state index is 0.0197. The molecule has 0 bridgehead atoms. The van der Waals surface area contributed by atoms with Crippen LogP contribution in [0.15, 0.2) is 24.4 Å². The molecule has 4 aromatic rings. The van der Waals surface area contributed by atoms with Gasteiger partial charge in [0.25, 0.3) is 6.43 Å². The zero-order chi connectivity index (χ0) is 23.8. The van der Waals surface area contributed by atoms with E-state index in [1.54, 1.807) is 24.6 Å². The molecule has 1 aliphatic carbocycles. The fourth-order valence-electron chi connectivity index (χ4n) is 4.31. The summed E-state index contributed by atoms with van der Waals surface area (Å²) in [7, 11) is 1.78. The quantitative estimate of drug-likeness (QED) is 0.341. The van der Waals surface area contributed by atoms with Gasteiger partial charge < -0.3 is 25.0 Å². The number of alkyl halides is 2. The van der Waals surface area contributed by atoms with E-state index >= 15 is 0 Å². The van der Waals surface area contributed by atoms with Crippen LogP contribution in [0.5, 0.6) is 0 Å². The van der Waals surface area contributed by atoms with Gasteiger partial charge in [-0.1, -0.05) is 0 Å². The number of aliphatic hydroxyl groups is 1. The van der Waals surface area contributed by atoms with Gasteiger partial charge in [0.1, 0.15) is 16.9 Å². The average molecular weight is 473 g/mol. The normalized spacial score (nSPS) is 18.1. The molecule has 4 heterocycles. The second-order valence-corrected chi connectivity index (χ2v) is 8.29. The number of hydrogen-bond acceptors (Lipinski definition) is 8. The molecule has 1 aliphatic rings. The molecule has 1 saturated carbocycles. The number of anilines is 2. The number of nitrogens with zero attached hydrogens (tertiary/aromatic N) is 6. The van der Waals surface area contributed by atoms with Gasteiger partial charge in [0.15, 0.2) is 11.5 Å². The number of pyridine rings is 1. The Hall–Kier alpha value is -3.38. The maximum Gasteiger partial charge on any atom is 0.256 e. The molecular formula is C22H26F2N8O2. The summed E-state index contributed by atoms with van der Waals surface area (Å²) >= 11 is 0. The van der Waals surface area contributed by atoms with Crippen LogP contribution in [0, 0.1) is 6.92 Å². The lowest BCUT2D eigenvalue weighted by Crippen LogP contribution is -2.41. The molecule has 0 spiro atoms. The van der Waals surface area contributed by atoms with Crippen molar-refractivity contribution < 1.29 is 18.6 Å². The van der Waals surface area contributed by atoms with Crippen molar-refractivity contribution in [3.63, 3.8) is 0 Å². The van der Waals surface area contributed by atoms with Gasteiger partial charge in [0.05, 0.1) is 31.6 Å². The fourth-order valence-corrected chi connectivity index (χ4v) is 4.31. The van der Waals surface area contributed by atoms with Crippen LogP contribution in [0.4, 0.5) is 20.5 Å². The summed E-state index contributed by atoms with van der Waals surface area (Å²) in [5, 5.41) is 19.9. The third-order valence-corrected chi connectivity index (χ3v) is 6.00. The number of nitrogens with one attached hydrogen (secondary N) is 2. The molecule has 3 N–H and O–H groups in total. The molecule has 12 heteroatoms. The van der Waals surface area contributed by atoms with Gasteiger partial charge in [-0.15, -0.1) is 5.10 Å². The van der Waals surface area contributed by atoms with E-state index in [9.17, 15) is 8.78 Å². The number of aryl methyl sites for hydroxylation is 1. The lowest BCUT2D eigenvalue weighted by Gasteiger charge is -2.35. The molecular weight excluding hydrogens is 446 g/mol. The van der Waals surface area contributed by atoms with Crippen LogP contribution in [0.25, 0.3) is 27.9 Å². The molecule has 1 fully saturated rings. The van der Waals surface area contributed by atoms with Gasteiger partial charge >= 0.3 is 0 Å². The first-order valence-electron chi connectivity index (χ1n) is 11.2. The van der Waals surface area contributed by atoms with Crippen molar-refractivity contribution in [3.05, 3.63) is 30.2 Å². The predicted octanol–water partition coefficient (Wildman–Crippen LogP) is 2.71. The summed E-state index contributed by atoms with van der Waals surface area (Å²) in [6.45, 7) is 1.61. The Morgan fingerprint density at radius 1 is 1.21 bits per heavy atom. The molecule has 10 nitrogen and oxygen atoms in total. The molecule has 0 unspecified atom stereocenters. The van der Waals surface area contributed by atoms with Crippen LogP contribution in [-0.2, 0) is 11.3 Å². The van der Waals surface area contributed by atoms with Crippen molar-refractivity contribution in [1.29, 1.82) is 0 Å². The van der Waals surface area contributed by atoms with E-state index in [0.717, 1.165) is 23.9 Å². The molecule has 0 aliphatic heterocycles. The highest BCUT2D eigenvalue weighted by Gasteiger charge is 2.30. The van der Waals surface area contributed by atoms with E-state index in [-0.39, 0.29) is 18.8 Å². The number of aliphatic hydroxyl groups excluding tert-OH is 1. The van der Waals surface area contributed by atoms with E-state index in [2.05, 4.69) is 30.7 Å². The first-order valence-corrected chi connectivity index (χ1v) is 11.2. The monoisotopic (exact) mass is 472 g/mol. The maximum atomic E-state index is 13.1. The summed E-state index contributed by atoms with van der Waals surface area (Å²) in [4.78, 5) is 13.7. The summed E-state index contributed by atoms with van der Waals surface area (Å²) in [5.74, 6) is 1.60. The highest BCUT2D eigenvalue weighted by atomic mass is 19.3. The fraction of sp³-hybridized carbons (Fsp3) is 0.455. The largest absolute Gasteiger partial charge is 0.394 e. The van der Waals surface area contributed by atoms with Gasteiger partial charge in [-0.25, -0.2) is 23.3 Å². The number of aromatic nitrogens is 6. The SMILES string of the molecule is CNc1nc(N[C@H]2C[C@@H](OCCO)C2)nn2ccc(-c3ccc4nc(C)n(CC(F)F)c4n3)c12. The second-order valence-electron chi connectivity index (χ2n) is 8.29. The molecule has 0 amide bonds. The molecule has 0 saturated heterocycles. The molecule has 34 heavy (non-hydrogen) atoms. The smallest absolute Gasteiger partial charge is 0.256 e. The van der Waals surface area contributed by atoms with E-state index in [1.165, 1.54) is 4.57 Å². The van der Waals surface area contributed by atoms with Gasteiger partial charge in [-0.2, -0.15) is 4.98 Å². The van der Waals surface area contributed by atoms with Crippen molar-refractivity contribution in [2.45, 2.75) is 44.9 Å². The summed E-state index contributed by atoms with van der Waals surface area (Å²) in [6.07, 6.45) is 1.10. The molecule has 4 aromatic heterocycles. The Balaban J connectivity index is 1.45. The Bertz CT molecular complexity index is 1320. The second kappa shape index (κ2) is 9.11. The number of rotatable bonds is 9. The summed E-state index contributed by atoms with van der Waals surface area (Å²) < 4.78 is 34.9. The highest BCUT2D eigenvalue weighted by Crippen LogP contribution is 2.31. The lowest BCUT2D eigenvalue weighted by atomic mass is 9.89. The number of hydrogen-bond donors (Lipinski definition) is 3. The molecule has 0 aromatic carbocycles. The lowest BCUT2D eigenvalue weighted by molar-refractivity contribution is -0.0196. The Morgan fingerprint density at radius 3 is 2.76 bits per heavy atom. The predicted molar refractivity (Wildman–Crippen MR) is 123 cm³/mol. The standard InChI is InChI=1S/C22H26F2N8O2/c1-12-26-17-4-3-16(28-21(17)31(12)11-18(23)24)15-5-6-32-19(15)20(25-2)29-22(30-32)27-13-9-14(10-13)34-8-7-33/h3-6,13-14,18,33H,7-11H2,1-2H3,(H2,25,27,29,30)/t13-,14+. The zero-order valence-corrected chi connectivity index (χ0v) is 18.9. The van der Waals surface area contributed by atoms with Crippen LogP contribution in [0.3, 0.4) is 0 Å². The first-order chi connectivity index (χ1) is 16.5. The van der Waals surface area contributed by atoms with Crippen molar-refractivity contribution in [2.24, 2.45) is 0 Å². The Morgan fingerprint density at radius 2 is 2.03 bits per heavy atom. The Kier molecular flexibility index (Phi) is 6.00. The molecule has 0 radical (unpaired) electrons. The van der Waals surface area contributed by atoms with E-state index in [0.29, 0.717) is 41.1 Å². The minimum Gasteiger partial charge on any atom is -0.394 e. The minimum atomic E-state index is -2.50. The van der Waals surface area contributed by atoms with Crippen LogP contribution in [-0.4, -0.2) is 73.1 Å². The third kappa shape index (κ3) is 4.14. The molecule has 180 valence electrons. The first kappa shape index (κ1) is 22.4. The van der Waals surface area contributed by atoms with Crippen LogP contribution < -0.4 is 10.6 Å². The highest BCUT2D eigenvalue weighted by molar-refractivity contribution is 5.89. The number of fused-ring (bicyclic) bond motifs is 2. The van der Waals surface area contributed by atoms with Crippen LogP contribution in [0.1, 0.15) is 18.7 Å². The maximum absolute atomic E-state index is 13.1. The molecule has 5 rings (SSSR count). The van der Waals surface area contributed by atoms with Crippen molar-refractivity contribution >= 4 is 28.4 Å². The number of halogens is 2. The van der Waals surface area contributed by atoms with Gasteiger partial charge in [-0.05, 0) is 38.0 Å². The topological polar surface area (TPSA) is 114 Å². The molecule has 0 atom stereocenters. The Labute approximate surface area is 194 Å². The zero-order valence-electron chi connectivity index (χ0n) is 18.9. The number of ether oxygens (including phenoxy) is 1. The van der Waals surface area contributed by atoms with Crippen molar-refractivity contribution in [1.82, 2.24) is 29.1 Å². The average Bonchev–Trinajstić information content (AvgIpc) is 3.35. The van der Waals surface area contributed by atoms with Gasteiger partial charge in [-0.3, -0.25) is 0 Å². The van der Waals surface area contributed by atoms with E-state index in [4.69, 9.17) is 9.84 Å². The van der Waals surface area contributed by atoms with Crippen molar-refractivity contribution in [3.8, 4) is 11.3 Å². The third-order valence-electron chi connectivity index (χ3n) is 6.00. The van der Waals surface area contributed by atoms with E-state index in [1.807, 2.05) is 18.3 Å². The summed E-state index contributed by atoms with van der Waals surface area (Å²) in [6, 6.07) is 5.69. The van der Waals surface area contributed by atoms with Gasteiger partial charge in [0.2, 0.25) is 5.95 Å². The van der Waals surface area contributed by atoms with Crippen molar-refractivity contribution in [2.75, 3.05) is 30.9 Å². The summed E-state index contributed by atoms with van der Waals surface area (Å²) in [5.41, 5.74) is 3.12. The van der Waals surface area contributed by atoms with Crippen LogP contribution in [0.2, 0.25) is 0 Å². The van der Waals surface area contributed by atoms with Gasteiger partial charge in [0, 0.05) is 24.8 Å². The number of imidazole rings is 1.